The molecule has 0 aliphatic rings. The van der Waals surface area contributed by atoms with Gasteiger partial charge in [-0.2, -0.15) is 0 Å². The number of nitrogens with zero attached hydrogens (tertiary/aromatic N) is 2. The fourth-order valence-corrected chi connectivity index (χ4v) is 4.97. The number of hydrogen-bond donors (Lipinski definition) is 1. The van der Waals surface area contributed by atoms with Gasteiger partial charge in [-0.15, -0.1) is 0 Å². The summed E-state index contributed by atoms with van der Waals surface area (Å²) in [6.45, 7) is 4.25. The van der Waals surface area contributed by atoms with Crippen molar-refractivity contribution in [2.45, 2.75) is 52.1 Å². The smallest absolute Gasteiger partial charge is 0.242 e. The minimum absolute atomic E-state index is 0.00784. The van der Waals surface area contributed by atoms with Crippen LogP contribution in [0.3, 0.4) is 0 Å². The Hall–Kier alpha value is -2.36. The van der Waals surface area contributed by atoms with Crippen molar-refractivity contribution in [1.82, 2.24) is 10.2 Å². The van der Waals surface area contributed by atoms with Gasteiger partial charge in [-0.1, -0.05) is 48.7 Å². The zero-order valence-electron chi connectivity index (χ0n) is 20.6. The maximum Gasteiger partial charge on any atom is 0.242 e. The topological polar surface area (TPSA) is 86.8 Å². The van der Waals surface area contributed by atoms with Crippen molar-refractivity contribution in [3.63, 3.8) is 0 Å². The standard InChI is InChI=1S/C25H32Cl2FN3O4S/c1-4-5-14-29-25(33)18(2)30(17-19-8-11-21(28)12-9-19)24(32)7-6-15-31(36(3,34)35)23-16-20(26)10-13-22(23)27/h8-13,16,18H,4-7,14-15,17H2,1-3H3,(H,29,33)/t18-/m1/s1. The predicted molar refractivity (Wildman–Crippen MR) is 142 cm³/mol. The van der Waals surface area contributed by atoms with Crippen molar-refractivity contribution in [2.24, 2.45) is 0 Å². The molecule has 0 saturated carbocycles. The van der Waals surface area contributed by atoms with E-state index in [0.29, 0.717) is 17.1 Å². The van der Waals surface area contributed by atoms with Crippen molar-refractivity contribution in [1.29, 1.82) is 0 Å². The van der Waals surface area contributed by atoms with Gasteiger partial charge in [0.15, 0.2) is 0 Å². The highest BCUT2D eigenvalue weighted by atomic mass is 35.5. The van der Waals surface area contributed by atoms with Crippen LogP contribution in [0.5, 0.6) is 0 Å². The Balaban J connectivity index is 2.17. The van der Waals surface area contributed by atoms with Crippen LogP contribution < -0.4 is 9.62 Å². The number of benzene rings is 2. The van der Waals surface area contributed by atoms with E-state index >= 15 is 0 Å². The number of halogens is 3. The first kappa shape index (κ1) is 29.9. The van der Waals surface area contributed by atoms with Gasteiger partial charge in [-0.3, -0.25) is 13.9 Å². The number of anilines is 1. The third kappa shape index (κ3) is 8.94. The number of hydrogen-bond acceptors (Lipinski definition) is 4. The second-order valence-corrected chi connectivity index (χ2v) is 11.3. The van der Waals surface area contributed by atoms with Gasteiger partial charge < -0.3 is 10.2 Å². The third-order valence-electron chi connectivity index (χ3n) is 5.59. The first-order valence-corrected chi connectivity index (χ1v) is 14.3. The summed E-state index contributed by atoms with van der Waals surface area (Å²) >= 11 is 12.2. The molecule has 0 heterocycles. The zero-order valence-corrected chi connectivity index (χ0v) is 23.0. The van der Waals surface area contributed by atoms with Gasteiger partial charge in [-0.05, 0) is 55.7 Å². The molecule has 2 aromatic carbocycles. The number of amides is 2. The second-order valence-electron chi connectivity index (χ2n) is 8.50. The van der Waals surface area contributed by atoms with E-state index in [1.54, 1.807) is 25.1 Å². The highest BCUT2D eigenvalue weighted by Gasteiger charge is 2.27. The quantitative estimate of drug-likeness (QED) is 0.349. The van der Waals surface area contributed by atoms with Gasteiger partial charge in [0, 0.05) is 31.1 Å². The number of carbonyl (C=O) groups is 2. The van der Waals surface area contributed by atoms with Gasteiger partial charge in [0.2, 0.25) is 21.8 Å². The lowest BCUT2D eigenvalue weighted by molar-refractivity contribution is -0.140. The average Bonchev–Trinajstić information content (AvgIpc) is 2.82. The third-order valence-corrected chi connectivity index (χ3v) is 7.33. The minimum Gasteiger partial charge on any atom is -0.354 e. The maximum atomic E-state index is 13.4. The first-order valence-electron chi connectivity index (χ1n) is 11.7. The predicted octanol–water partition coefficient (Wildman–Crippen LogP) is 5.01. The Morgan fingerprint density at radius 1 is 1.08 bits per heavy atom. The van der Waals surface area contributed by atoms with E-state index in [4.69, 9.17) is 23.2 Å². The summed E-state index contributed by atoms with van der Waals surface area (Å²) in [6, 6.07) is 9.45. The summed E-state index contributed by atoms with van der Waals surface area (Å²) in [6.07, 6.45) is 2.95. The van der Waals surface area contributed by atoms with E-state index in [-0.39, 0.29) is 48.5 Å². The number of nitrogens with one attached hydrogen (secondary N) is 1. The van der Waals surface area contributed by atoms with Gasteiger partial charge in [-0.25, -0.2) is 12.8 Å². The molecule has 0 bridgehead atoms. The summed E-state index contributed by atoms with van der Waals surface area (Å²) in [4.78, 5) is 27.4. The molecular weight excluding hydrogens is 528 g/mol. The van der Waals surface area contributed by atoms with Crippen molar-refractivity contribution >= 4 is 50.7 Å². The van der Waals surface area contributed by atoms with E-state index in [0.717, 1.165) is 23.4 Å². The number of sulfonamides is 1. The van der Waals surface area contributed by atoms with E-state index in [1.165, 1.54) is 29.2 Å². The Bertz CT molecular complexity index is 1150. The molecule has 0 saturated heterocycles. The van der Waals surface area contributed by atoms with Crippen LogP contribution in [0.4, 0.5) is 10.1 Å². The number of unbranched alkanes of at least 4 members (excludes halogenated alkanes) is 1. The molecular formula is C25H32Cl2FN3O4S. The summed E-state index contributed by atoms with van der Waals surface area (Å²) in [5.41, 5.74) is 0.896. The molecule has 0 aliphatic carbocycles. The molecule has 0 radical (unpaired) electrons. The first-order chi connectivity index (χ1) is 16.9. The molecule has 2 aromatic rings. The van der Waals surface area contributed by atoms with Gasteiger partial charge in [0.05, 0.1) is 17.0 Å². The fourth-order valence-electron chi connectivity index (χ4n) is 3.56. The van der Waals surface area contributed by atoms with Crippen LogP contribution in [0, 0.1) is 5.82 Å². The monoisotopic (exact) mass is 559 g/mol. The van der Waals surface area contributed by atoms with Crippen LogP contribution in [0.25, 0.3) is 0 Å². The van der Waals surface area contributed by atoms with Gasteiger partial charge in [0.25, 0.3) is 0 Å². The second kappa shape index (κ2) is 13.8. The van der Waals surface area contributed by atoms with Crippen LogP contribution in [-0.4, -0.2) is 50.5 Å². The highest BCUT2D eigenvalue weighted by molar-refractivity contribution is 7.92. The van der Waals surface area contributed by atoms with Gasteiger partial charge in [0.1, 0.15) is 11.9 Å². The van der Waals surface area contributed by atoms with Crippen molar-refractivity contribution in [3.05, 3.63) is 63.9 Å². The molecule has 1 atom stereocenters. The highest BCUT2D eigenvalue weighted by Crippen LogP contribution is 2.31. The van der Waals surface area contributed by atoms with Crippen LogP contribution in [-0.2, 0) is 26.2 Å². The van der Waals surface area contributed by atoms with Crippen LogP contribution in [0.2, 0.25) is 10.0 Å². The van der Waals surface area contributed by atoms with Crippen molar-refractivity contribution in [3.8, 4) is 0 Å². The molecule has 198 valence electrons. The summed E-state index contributed by atoms with van der Waals surface area (Å²) in [5.74, 6) is -1.02. The molecule has 2 amide bonds. The van der Waals surface area contributed by atoms with E-state index in [1.807, 2.05) is 6.92 Å². The van der Waals surface area contributed by atoms with E-state index < -0.39 is 21.9 Å². The molecule has 0 aromatic heterocycles. The molecule has 11 heteroatoms. The van der Waals surface area contributed by atoms with Crippen LogP contribution in [0.15, 0.2) is 42.5 Å². The molecule has 0 fully saturated rings. The minimum atomic E-state index is -3.70. The van der Waals surface area contributed by atoms with Crippen LogP contribution >= 0.6 is 23.2 Å². The molecule has 0 spiro atoms. The molecule has 36 heavy (non-hydrogen) atoms. The molecule has 1 N–H and O–H groups in total. The Morgan fingerprint density at radius 3 is 2.36 bits per heavy atom. The van der Waals surface area contributed by atoms with Crippen LogP contribution in [0.1, 0.15) is 45.1 Å². The van der Waals surface area contributed by atoms with Crippen molar-refractivity contribution < 1.29 is 22.4 Å². The summed E-state index contributed by atoms with van der Waals surface area (Å²) in [5, 5.41) is 3.37. The lowest BCUT2D eigenvalue weighted by Gasteiger charge is -2.29. The largest absolute Gasteiger partial charge is 0.354 e. The number of rotatable bonds is 13. The Kier molecular flexibility index (Phi) is 11.5. The Morgan fingerprint density at radius 2 is 1.75 bits per heavy atom. The normalized spacial score (nSPS) is 12.2. The Labute approximate surface area is 222 Å². The lowest BCUT2D eigenvalue weighted by Crippen LogP contribution is -2.48. The molecule has 2 rings (SSSR count). The summed E-state index contributed by atoms with van der Waals surface area (Å²) < 4.78 is 39.4. The van der Waals surface area contributed by atoms with E-state index in [9.17, 15) is 22.4 Å². The lowest BCUT2D eigenvalue weighted by atomic mass is 10.1. The molecule has 0 unspecified atom stereocenters. The SMILES string of the molecule is CCCCNC(=O)[C@@H](C)N(Cc1ccc(F)cc1)C(=O)CCCN(c1cc(Cl)ccc1Cl)S(C)(=O)=O. The maximum absolute atomic E-state index is 13.4. The zero-order chi connectivity index (χ0) is 26.9. The number of carbonyl (C=O) groups excluding carboxylic acids is 2. The molecule has 0 aliphatic heterocycles. The average molecular weight is 561 g/mol. The van der Waals surface area contributed by atoms with Crippen molar-refractivity contribution in [2.75, 3.05) is 23.7 Å². The van der Waals surface area contributed by atoms with E-state index in [2.05, 4.69) is 5.32 Å². The van der Waals surface area contributed by atoms with Gasteiger partial charge >= 0.3 is 0 Å². The molecule has 7 nitrogen and oxygen atoms in total. The fraction of sp³-hybridized carbons (Fsp3) is 0.440. The summed E-state index contributed by atoms with van der Waals surface area (Å²) in [7, 11) is -3.70.